The van der Waals surface area contributed by atoms with Gasteiger partial charge < -0.3 is 14.6 Å². The fourth-order valence-corrected chi connectivity index (χ4v) is 3.85. The van der Waals surface area contributed by atoms with Crippen LogP contribution in [0.15, 0.2) is 36.4 Å². The van der Waals surface area contributed by atoms with Gasteiger partial charge in [0.25, 0.3) is 0 Å². The molecule has 0 radical (unpaired) electrons. The highest BCUT2D eigenvalue weighted by Gasteiger charge is 2.67. The van der Waals surface area contributed by atoms with E-state index in [0.29, 0.717) is 18.0 Å². The topological polar surface area (TPSA) is 76.1 Å². The fourth-order valence-electron chi connectivity index (χ4n) is 3.85. The number of fused-ring (bicyclic) bond motifs is 5. The number of anilines is 1. The maximum atomic E-state index is 12.9. The minimum atomic E-state index is -1.05. The van der Waals surface area contributed by atoms with E-state index in [0.717, 1.165) is 6.42 Å². The highest BCUT2D eigenvalue weighted by molar-refractivity contribution is 6.23. The van der Waals surface area contributed by atoms with E-state index in [1.165, 1.54) is 4.90 Å². The quantitative estimate of drug-likeness (QED) is 0.650. The van der Waals surface area contributed by atoms with E-state index in [-0.39, 0.29) is 18.4 Å². The summed E-state index contributed by atoms with van der Waals surface area (Å²) in [7, 11) is 0. The summed E-state index contributed by atoms with van der Waals surface area (Å²) in [5.74, 6) is -1.08. The molecule has 6 nitrogen and oxygen atoms in total. The standard InChI is InChI=1S/C18H19NO5/c1-2-9-23-12-5-3-11(4-6-12)19-16(21)14-13-7-8-18(10-20,24-13)15(14)17(19)22/h3-8,13-15,20H,2,9-10H2,1H3. The van der Waals surface area contributed by atoms with Crippen molar-refractivity contribution in [3.05, 3.63) is 36.4 Å². The number of nitrogens with zero attached hydrogens (tertiary/aromatic N) is 1. The minimum Gasteiger partial charge on any atom is -0.494 e. The predicted molar refractivity (Wildman–Crippen MR) is 85.5 cm³/mol. The van der Waals surface area contributed by atoms with Gasteiger partial charge >= 0.3 is 0 Å². The molecule has 2 bridgehead atoms. The van der Waals surface area contributed by atoms with Gasteiger partial charge in [0.1, 0.15) is 11.4 Å². The van der Waals surface area contributed by atoms with Gasteiger partial charge in [-0.05, 0) is 30.7 Å². The Morgan fingerprint density at radius 1 is 1.25 bits per heavy atom. The summed E-state index contributed by atoms with van der Waals surface area (Å²) in [4.78, 5) is 26.9. The number of hydrogen-bond acceptors (Lipinski definition) is 5. The van der Waals surface area contributed by atoms with Crippen LogP contribution in [0.3, 0.4) is 0 Å². The number of aliphatic hydroxyl groups excluding tert-OH is 1. The van der Waals surface area contributed by atoms with Crippen molar-refractivity contribution in [3.63, 3.8) is 0 Å². The van der Waals surface area contributed by atoms with Crippen LogP contribution in [-0.4, -0.2) is 41.8 Å². The molecule has 0 aromatic heterocycles. The van der Waals surface area contributed by atoms with Crippen molar-refractivity contribution in [1.82, 2.24) is 0 Å². The Labute approximate surface area is 139 Å². The number of carbonyl (C=O) groups excluding carboxylic acids is 2. The average Bonchev–Trinajstić information content (AvgIpc) is 3.25. The van der Waals surface area contributed by atoms with Crippen LogP contribution in [-0.2, 0) is 14.3 Å². The lowest BCUT2D eigenvalue weighted by molar-refractivity contribution is -0.128. The van der Waals surface area contributed by atoms with E-state index < -0.39 is 23.5 Å². The second-order valence-corrected chi connectivity index (χ2v) is 6.41. The van der Waals surface area contributed by atoms with Crippen LogP contribution in [0.5, 0.6) is 5.75 Å². The normalized spacial score (nSPS) is 33.4. The Kier molecular flexibility index (Phi) is 3.47. The maximum Gasteiger partial charge on any atom is 0.241 e. The van der Waals surface area contributed by atoms with E-state index in [2.05, 4.69) is 0 Å². The molecule has 2 fully saturated rings. The van der Waals surface area contributed by atoms with Crippen molar-refractivity contribution >= 4 is 17.5 Å². The van der Waals surface area contributed by atoms with Gasteiger partial charge in [-0.25, -0.2) is 4.90 Å². The second kappa shape index (κ2) is 5.43. The Morgan fingerprint density at radius 3 is 2.67 bits per heavy atom. The monoisotopic (exact) mass is 329 g/mol. The number of imide groups is 1. The second-order valence-electron chi connectivity index (χ2n) is 6.41. The number of ether oxygens (including phenoxy) is 2. The Balaban J connectivity index is 1.62. The van der Waals surface area contributed by atoms with Crippen molar-refractivity contribution in [2.45, 2.75) is 25.0 Å². The molecule has 2 amide bonds. The summed E-state index contributed by atoms with van der Waals surface area (Å²) in [6.07, 6.45) is 3.96. The first-order valence-corrected chi connectivity index (χ1v) is 8.20. The first-order valence-electron chi connectivity index (χ1n) is 8.20. The summed E-state index contributed by atoms with van der Waals surface area (Å²) >= 11 is 0. The first kappa shape index (κ1) is 15.4. The number of hydrogen-bond donors (Lipinski definition) is 1. The van der Waals surface area contributed by atoms with Crippen LogP contribution in [0.1, 0.15) is 13.3 Å². The minimum absolute atomic E-state index is 0.267. The van der Waals surface area contributed by atoms with Crippen LogP contribution in [0, 0.1) is 11.8 Å². The van der Waals surface area contributed by atoms with E-state index in [4.69, 9.17) is 9.47 Å². The molecule has 4 rings (SSSR count). The molecule has 0 aliphatic carbocycles. The van der Waals surface area contributed by atoms with Crippen LogP contribution in [0.25, 0.3) is 0 Å². The van der Waals surface area contributed by atoms with Crippen LogP contribution < -0.4 is 9.64 Å². The van der Waals surface area contributed by atoms with Gasteiger partial charge in [-0.2, -0.15) is 0 Å². The smallest absolute Gasteiger partial charge is 0.241 e. The molecule has 1 N–H and O–H groups in total. The fraction of sp³-hybridized carbons (Fsp3) is 0.444. The lowest BCUT2D eigenvalue weighted by atomic mass is 9.77. The van der Waals surface area contributed by atoms with Crippen molar-refractivity contribution in [2.75, 3.05) is 18.1 Å². The average molecular weight is 329 g/mol. The molecule has 4 unspecified atom stereocenters. The largest absolute Gasteiger partial charge is 0.494 e. The zero-order chi connectivity index (χ0) is 16.9. The van der Waals surface area contributed by atoms with Gasteiger partial charge in [-0.15, -0.1) is 0 Å². The highest BCUT2D eigenvalue weighted by atomic mass is 16.5. The van der Waals surface area contributed by atoms with Crippen molar-refractivity contribution < 1.29 is 24.2 Å². The summed E-state index contributed by atoms with van der Waals surface area (Å²) in [5.41, 5.74) is -0.531. The molecule has 1 aromatic rings. The zero-order valence-electron chi connectivity index (χ0n) is 13.3. The maximum absolute atomic E-state index is 12.9. The van der Waals surface area contributed by atoms with Crippen molar-refractivity contribution in [3.8, 4) is 5.75 Å². The molecule has 3 aliphatic heterocycles. The number of amides is 2. The van der Waals surface area contributed by atoms with Crippen molar-refractivity contribution in [2.24, 2.45) is 11.8 Å². The van der Waals surface area contributed by atoms with Gasteiger partial charge in [0.2, 0.25) is 11.8 Å². The highest BCUT2D eigenvalue weighted by Crippen LogP contribution is 2.52. The summed E-state index contributed by atoms with van der Waals surface area (Å²) < 4.78 is 11.2. The molecular formula is C18H19NO5. The summed E-state index contributed by atoms with van der Waals surface area (Å²) in [6, 6.07) is 6.93. The van der Waals surface area contributed by atoms with Crippen molar-refractivity contribution in [1.29, 1.82) is 0 Å². The van der Waals surface area contributed by atoms with E-state index in [9.17, 15) is 14.7 Å². The molecule has 6 heteroatoms. The van der Waals surface area contributed by atoms with Crippen LogP contribution in [0.4, 0.5) is 5.69 Å². The molecule has 0 saturated carbocycles. The Bertz CT molecular complexity index is 713. The Morgan fingerprint density at radius 2 is 2.00 bits per heavy atom. The van der Waals surface area contributed by atoms with Gasteiger partial charge in [0.15, 0.2) is 0 Å². The molecule has 3 heterocycles. The van der Waals surface area contributed by atoms with Gasteiger partial charge in [-0.1, -0.05) is 19.1 Å². The number of carbonyl (C=O) groups is 2. The van der Waals surface area contributed by atoms with Gasteiger partial charge in [-0.3, -0.25) is 9.59 Å². The third kappa shape index (κ3) is 1.96. The number of aliphatic hydroxyl groups is 1. The predicted octanol–water partition coefficient (Wildman–Crippen LogP) is 1.28. The first-order chi connectivity index (χ1) is 11.6. The van der Waals surface area contributed by atoms with Crippen LogP contribution >= 0.6 is 0 Å². The molecule has 1 aromatic carbocycles. The van der Waals surface area contributed by atoms with E-state index in [1.54, 1.807) is 36.4 Å². The summed E-state index contributed by atoms with van der Waals surface area (Å²) in [5, 5.41) is 9.70. The third-order valence-electron chi connectivity index (χ3n) is 4.97. The zero-order valence-corrected chi connectivity index (χ0v) is 13.3. The lowest BCUT2D eigenvalue weighted by Crippen LogP contribution is -2.43. The molecule has 0 spiro atoms. The molecule has 3 aliphatic rings. The lowest BCUT2D eigenvalue weighted by Gasteiger charge is -2.26. The Hall–Kier alpha value is -2.18. The summed E-state index contributed by atoms with van der Waals surface area (Å²) in [6.45, 7) is 2.34. The molecule has 24 heavy (non-hydrogen) atoms. The number of rotatable bonds is 5. The third-order valence-corrected chi connectivity index (χ3v) is 4.97. The van der Waals surface area contributed by atoms with E-state index >= 15 is 0 Å². The number of benzene rings is 1. The SMILES string of the molecule is CCCOc1ccc(N2C(=O)C3C4C=CC(CO)(O4)C3C2=O)cc1. The molecular weight excluding hydrogens is 310 g/mol. The molecule has 4 atom stereocenters. The van der Waals surface area contributed by atoms with E-state index in [1.807, 2.05) is 6.92 Å². The molecule has 2 saturated heterocycles. The van der Waals surface area contributed by atoms with Crippen LogP contribution in [0.2, 0.25) is 0 Å². The van der Waals surface area contributed by atoms with Gasteiger partial charge in [0, 0.05) is 0 Å². The van der Waals surface area contributed by atoms with Gasteiger partial charge in [0.05, 0.1) is 36.8 Å². The molecule has 126 valence electrons.